The minimum absolute atomic E-state index is 0.00825. The molecule has 0 saturated carbocycles. The molecule has 1 unspecified atom stereocenters. The molecule has 8 heteroatoms. The van der Waals surface area contributed by atoms with Gasteiger partial charge in [0.25, 0.3) is 11.7 Å². The van der Waals surface area contributed by atoms with Gasteiger partial charge in [-0.1, -0.05) is 19.1 Å². The minimum atomic E-state index is -0.813. The van der Waals surface area contributed by atoms with Gasteiger partial charge in [0.2, 0.25) is 0 Å². The van der Waals surface area contributed by atoms with Crippen LogP contribution in [0.2, 0.25) is 0 Å². The fourth-order valence-electron chi connectivity index (χ4n) is 4.53. The molecule has 0 bridgehead atoms. The van der Waals surface area contributed by atoms with E-state index >= 15 is 0 Å². The van der Waals surface area contributed by atoms with E-state index in [1.54, 1.807) is 30.3 Å². The topological polar surface area (TPSA) is 79.3 Å². The zero-order valence-corrected chi connectivity index (χ0v) is 20.1. The van der Waals surface area contributed by atoms with Crippen molar-refractivity contribution in [1.29, 1.82) is 0 Å². The summed E-state index contributed by atoms with van der Waals surface area (Å²) in [6.45, 7) is 8.00. The summed E-state index contributed by atoms with van der Waals surface area (Å²) in [6.07, 6.45) is 0.867. The molecule has 2 saturated heterocycles. The number of ketones is 1. The lowest BCUT2D eigenvalue weighted by molar-refractivity contribution is -0.140. The Hall–Kier alpha value is -3.23. The molecule has 2 heterocycles. The second kappa shape index (κ2) is 11.0. The van der Waals surface area contributed by atoms with Crippen LogP contribution in [0.4, 0.5) is 4.39 Å². The van der Waals surface area contributed by atoms with Crippen LogP contribution in [0, 0.1) is 12.7 Å². The fourth-order valence-corrected chi connectivity index (χ4v) is 4.53. The van der Waals surface area contributed by atoms with Gasteiger partial charge in [0.15, 0.2) is 0 Å². The van der Waals surface area contributed by atoms with Gasteiger partial charge >= 0.3 is 0 Å². The first-order chi connectivity index (χ1) is 16.9. The predicted octanol–water partition coefficient (Wildman–Crippen LogP) is 3.68. The number of halogens is 1. The molecule has 2 aliphatic heterocycles. The normalized spacial score (nSPS) is 20.4. The largest absolute Gasteiger partial charge is 0.507 e. The van der Waals surface area contributed by atoms with Gasteiger partial charge in [-0.2, -0.15) is 0 Å². The smallest absolute Gasteiger partial charge is 0.295 e. The number of hydrogen-bond donors (Lipinski definition) is 1. The van der Waals surface area contributed by atoms with E-state index in [0.717, 1.165) is 19.5 Å². The van der Waals surface area contributed by atoms with Crippen LogP contribution in [0.15, 0.2) is 48.0 Å². The molecule has 7 nitrogen and oxygen atoms in total. The highest BCUT2D eigenvalue weighted by atomic mass is 19.1. The van der Waals surface area contributed by atoms with Crippen molar-refractivity contribution in [2.75, 3.05) is 46.0 Å². The third-order valence-corrected chi connectivity index (χ3v) is 6.41. The molecule has 0 aromatic heterocycles. The average Bonchev–Trinajstić information content (AvgIpc) is 3.12. The molecule has 2 aliphatic rings. The predicted molar refractivity (Wildman–Crippen MR) is 130 cm³/mol. The van der Waals surface area contributed by atoms with Gasteiger partial charge in [-0.3, -0.25) is 14.5 Å². The van der Waals surface area contributed by atoms with E-state index in [-0.39, 0.29) is 11.3 Å². The van der Waals surface area contributed by atoms with E-state index in [1.807, 2.05) is 13.8 Å². The number of aryl methyl sites for hydroxylation is 1. The first-order valence-corrected chi connectivity index (χ1v) is 12.0. The number of ether oxygens (including phenoxy) is 2. The lowest BCUT2D eigenvalue weighted by Crippen LogP contribution is -2.42. The lowest BCUT2D eigenvalue weighted by Gasteiger charge is -2.31. The van der Waals surface area contributed by atoms with Crippen LogP contribution >= 0.6 is 0 Å². The molecule has 0 aliphatic carbocycles. The molecule has 1 amide bonds. The number of rotatable bonds is 8. The zero-order valence-electron chi connectivity index (χ0n) is 20.1. The summed E-state index contributed by atoms with van der Waals surface area (Å²) < 4.78 is 24.7. The van der Waals surface area contributed by atoms with Gasteiger partial charge in [-0.15, -0.1) is 0 Å². The highest BCUT2D eigenvalue weighted by molar-refractivity contribution is 6.46. The molecule has 4 rings (SSSR count). The number of amides is 1. The summed E-state index contributed by atoms with van der Waals surface area (Å²) in [5, 5.41) is 11.3. The number of aliphatic hydroxyl groups is 1. The van der Waals surface area contributed by atoms with Gasteiger partial charge in [-0.05, 0) is 54.8 Å². The molecule has 0 spiro atoms. The van der Waals surface area contributed by atoms with E-state index in [2.05, 4.69) is 4.90 Å². The Morgan fingerprint density at radius 2 is 1.83 bits per heavy atom. The molecule has 2 aromatic rings. The number of carbonyl (C=O) groups excluding carboxylic acids is 2. The average molecular weight is 483 g/mol. The Balaban J connectivity index is 1.71. The summed E-state index contributed by atoms with van der Waals surface area (Å²) in [7, 11) is 0. The monoisotopic (exact) mass is 482 g/mol. The molecule has 35 heavy (non-hydrogen) atoms. The van der Waals surface area contributed by atoms with E-state index in [9.17, 15) is 19.1 Å². The summed E-state index contributed by atoms with van der Waals surface area (Å²) in [4.78, 5) is 30.0. The highest BCUT2D eigenvalue weighted by Crippen LogP contribution is 2.40. The van der Waals surface area contributed by atoms with Crippen LogP contribution in [0.5, 0.6) is 5.75 Å². The zero-order chi connectivity index (χ0) is 24.9. The Labute approximate surface area is 204 Å². The first kappa shape index (κ1) is 24.9. The van der Waals surface area contributed by atoms with Crippen LogP contribution in [0.1, 0.15) is 36.1 Å². The Morgan fingerprint density at radius 3 is 2.49 bits per heavy atom. The van der Waals surface area contributed by atoms with E-state index in [4.69, 9.17) is 9.47 Å². The summed E-state index contributed by atoms with van der Waals surface area (Å²) >= 11 is 0. The second-order valence-corrected chi connectivity index (χ2v) is 8.82. The van der Waals surface area contributed by atoms with Crippen molar-refractivity contribution in [2.45, 2.75) is 26.3 Å². The first-order valence-electron chi connectivity index (χ1n) is 12.0. The molecular formula is C27H31FN2O5. The maximum absolute atomic E-state index is 13.7. The third-order valence-electron chi connectivity index (χ3n) is 6.41. The van der Waals surface area contributed by atoms with Crippen molar-refractivity contribution >= 4 is 17.4 Å². The Bertz CT molecular complexity index is 1110. The number of aliphatic hydroxyl groups excluding tert-OH is 1. The lowest BCUT2D eigenvalue weighted by atomic mass is 9.94. The van der Waals surface area contributed by atoms with Gasteiger partial charge in [-0.25, -0.2) is 4.39 Å². The summed E-state index contributed by atoms with van der Waals surface area (Å²) in [5.74, 6) is -1.41. The number of hydrogen-bond acceptors (Lipinski definition) is 6. The van der Waals surface area contributed by atoms with Crippen molar-refractivity contribution in [3.63, 3.8) is 0 Å². The minimum Gasteiger partial charge on any atom is -0.507 e. The van der Waals surface area contributed by atoms with E-state index < -0.39 is 23.5 Å². The van der Waals surface area contributed by atoms with Crippen molar-refractivity contribution in [1.82, 2.24) is 9.80 Å². The van der Waals surface area contributed by atoms with Gasteiger partial charge < -0.3 is 19.5 Å². The maximum Gasteiger partial charge on any atom is 0.295 e. The Kier molecular flexibility index (Phi) is 7.83. The molecule has 2 fully saturated rings. The fraction of sp³-hybridized carbons (Fsp3) is 0.407. The van der Waals surface area contributed by atoms with Gasteiger partial charge in [0.05, 0.1) is 31.4 Å². The number of benzene rings is 2. The molecule has 0 radical (unpaired) electrons. The number of Topliss-reactive ketones (excluding diaryl/α,β-unsaturated/α-hetero) is 1. The van der Waals surface area contributed by atoms with Crippen molar-refractivity contribution in [2.24, 2.45) is 0 Å². The van der Waals surface area contributed by atoms with E-state index in [0.29, 0.717) is 55.4 Å². The van der Waals surface area contributed by atoms with Crippen LogP contribution < -0.4 is 4.74 Å². The van der Waals surface area contributed by atoms with Gasteiger partial charge in [0, 0.05) is 31.7 Å². The van der Waals surface area contributed by atoms with Crippen LogP contribution in [-0.4, -0.2) is 72.6 Å². The SMILES string of the molecule is CCCOc1ccc(/C(O)=C2\C(=O)C(=O)N(CCN3CCOCC3)C2c2ccc(F)cc2)c(C)c1. The van der Waals surface area contributed by atoms with E-state index in [1.165, 1.54) is 17.0 Å². The molecular weight excluding hydrogens is 451 g/mol. The summed E-state index contributed by atoms with van der Waals surface area (Å²) in [5.41, 5.74) is 1.74. The Morgan fingerprint density at radius 1 is 1.11 bits per heavy atom. The number of likely N-dealkylation sites (tertiary alicyclic amines) is 1. The summed E-state index contributed by atoms with van der Waals surface area (Å²) in [6, 6.07) is 10.1. The van der Waals surface area contributed by atoms with Crippen LogP contribution in [0.3, 0.4) is 0 Å². The van der Waals surface area contributed by atoms with Gasteiger partial charge in [0.1, 0.15) is 17.3 Å². The van der Waals surface area contributed by atoms with Crippen molar-refractivity contribution in [3.05, 3.63) is 70.5 Å². The second-order valence-electron chi connectivity index (χ2n) is 8.82. The maximum atomic E-state index is 13.7. The van der Waals surface area contributed by atoms with Crippen LogP contribution in [-0.2, 0) is 14.3 Å². The third kappa shape index (κ3) is 5.39. The van der Waals surface area contributed by atoms with Crippen LogP contribution in [0.25, 0.3) is 5.76 Å². The quantitative estimate of drug-likeness (QED) is 0.351. The number of nitrogens with zero attached hydrogens (tertiary/aromatic N) is 2. The van der Waals surface area contributed by atoms with Crippen molar-refractivity contribution < 1.29 is 28.6 Å². The molecule has 1 N–H and O–H groups in total. The number of carbonyl (C=O) groups is 2. The molecule has 2 aromatic carbocycles. The standard InChI is InChI=1S/C27H31FN2O5/c1-3-14-35-21-8-9-22(18(2)17-21)25(31)23-24(19-4-6-20(28)7-5-19)30(27(33)26(23)32)11-10-29-12-15-34-16-13-29/h4-9,17,24,31H,3,10-16H2,1-2H3/b25-23+. The number of morpholine rings is 1. The molecule has 1 atom stereocenters. The highest BCUT2D eigenvalue weighted by Gasteiger charge is 2.46. The van der Waals surface area contributed by atoms with Crippen molar-refractivity contribution in [3.8, 4) is 5.75 Å². The molecule has 186 valence electrons.